The minimum atomic E-state index is -0.192. The summed E-state index contributed by atoms with van der Waals surface area (Å²) in [6, 6.07) is 0.738. The van der Waals surface area contributed by atoms with Gasteiger partial charge in [0.2, 0.25) is 0 Å². The van der Waals surface area contributed by atoms with Crippen LogP contribution in [0.4, 0.5) is 0 Å². The van der Waals surface area contributed by atoms with E-state index < -0.39 is 0 Å². The molecule has 2 fully saturated rings. The fourth-order valence-corrected chi connectivity index (χ4v) is 4.65. The average molecular weight is 341 g/mol. The van der Waals surface area contributed by atoms with Crippen molar-refractivity contribution in [2.24, 2.45) is 5.92 Å². The van der Waals surface area contributed by atoms with E-state index in [2.05, 4.69) is 14.0 Å². The van der Waals surface area contributed by atoms with Crippen LogP contribution in [0, 0.1) is 5.92 Å². The third-order valence-electron chi connectivity index (χ3n) is 6.07. The van der Waals surface area contributed by atoms with Crippen LogP contribution in [0.3, 0.4) is 0 Å². The highest BCUT2D eigenvalue weighted by Crippen LogP contribution is 2.36. The molecule has 2 heterocycles. The Bertz CT molecular complexity index is 370. The first-order valence-electron chi connectivity index (χ1n) is 10.2. The van der Waals surface area contributed by atoms with E-state index in [0.717, 1.165) is 25.5 Å². The predicted molar refractivity (Wildman–Crippen MR) is 96.8 cm³/mol. The zero-order chi connectivity index (χ0) is 17.3. The molecule has 0 aliphatic carbocycles. The summed E-state index contributed by atoms with van der Waals surface area (Å²) in [6.45, 7) is 6.25. The lowest BCUT2D eigenvalue weighted by Gasteiger charge is -2.51. The Hall–Kier alpha value is -0.610. The summed E-state index contributed by atoms with van der Waals surface area (Å²) in [6.07, 6.45) is 12.5. The molecule has 4 heteroatoms. The normalized spacial score (nSPS) is 29.9. The summed E-state index contributed by atoms with van der Waals surface area (Å²) >= 11 is 0. The molecule has 2 aliphatic heterocycles. The largest absolute Gasteiger partial charge is 0.464 e. The number of carbonyl (C=O) groups excluding carboxylic acids is 1. The molecule has 2 aliphatic rings. The van der Waals surface area contributed by atoms with Crippen molar-refractivity contribution in [1.82, 2.24) is 0 Å². The topological polar surface area (TPSA) is 35.5 Å². The van der Waals surface area contributed by atoms with Crippen LogP contribution < -0.4 is 0 Å². The molecule has 0 aromatic carbocycles. The van der Waals surface area contributed by atoms with Crippen LogP contribution in [0.15, 0.2) is 0 Å². The third kappa shape index (κ3) is 6.03. The zero-order valence-electron chi connectivity index (χ0n) is 15.9. The van der Waals surface area contributed by atoms with Gasteiger partial charge in [0, 0.05) is 12.3 Å². The molecule has 2 rings (SSSR count). The molecule has 0 aromatic rings. The van der Waals surface area contributed by atoms with Crippen LogP contribution in [0.5, 0.6) is 0 Å². The second-order valence-corrected chi connectivity index (χ2v) is 8.04. The van der Waals surface area contributed by atoms with Gasteiger partial charge in [-0.05, 0) is 32.1 Å². The molecule has 0 radical (unpaired) electrons. The standard InChI is InChI=1S/C20H38NO3/c1-3-4-5-6-9-15-24-20(22)17-23-16-18-11-10-14-21(2)13-8-7-12-19(18)21/h18-19H,3-17H2,1-2H3/q+1/t18-,19-,21?/m1/s1. The van der Waals surface area contributed by atoms with Crippen molar-refractivity contribution in [3.63, 3.8) is 0 Å². The van der Waals surface area contributed by atoms with Gasteiger partial charge in [-0.3, -0.25) is 0 Å². The van der Waals surface area contributed by atoms with Gasteiger partial charge in [0.15, 0.2) is 0 Å². The molecule has 3 atom stereocenters. The van der Waals surface area contributed by atoms with Crippen LogP contribution in [0.25, 0.3) is 0 Å². The molecule has 0 N–H and O–H groups in total. The molecule has 0 bridgehead atoms. The number of hydrogen-bond acceptors (Lipinski definition) is 3. The van der Waals surface area contributed by atoms with Gasteiger partial charge in [-0.2, -0.15) is 0 Å². The van der Waals surface area contributed by atoms with Crippen molar-refractivity contribution in [3.8, 4) is 0 Å². The summed E-state index contributed by atoms with van der Waals surface area (Å²) < 4.78 is 12.2. The van der Waals surface area contributed by atoms with E-state index in [0.29, 0.717) is 12.5 Å². The highest BCUT2D eigenvalue weighted by Gasteiger charge is 2.43. The SMILES string of the molecule is CCCCCCCOC(=O)COC[C@H]1CCC[N+]2(C)CCCC[C@H]12. The van der Waals surface area contributed by atoms with Gasteiger partial charge >= 0.3 is 5.97 Å². The van der Waals surface area contributed by atoms with Crippen LogP contribution >= 0.6 is 0 Å². The molecule has 0 spiro atoms. The van der Waals surface area contributed by atoms with Gasteiger partial charge in [-0.25, -0.2) is 4.79 Å². The molecule has 140 valence electrons. The van der Waals surface area contributed by atoms with Crippen LogP contribution in [-0.4, -0.2) is 56.5 Å². The average Bonchev–Trinajstić information content (AvgIpc) is 2.57. The first-order valence-corrected chi connectivity index (χ1v) is 10.2. The number of carbonyl (C=O) groups is 1. The second kappa shape index (κ2) is 10.4. The number of quaternary nitrogens is 1. The number of esters is 1. The molecular weight excluding hydrogens is 302 g/mol. The highest BCUT2D eigenvalue weighted by molar-refractivity contribution is 5.70. The highest BCUT2D eigenvalue weighted by atomic mass is 16.6. The Labute approximate surface area is 148 Å². The van der Waals surface area contributed by atoms with Crippen LogP contribution in [-0.2, 0) is 14.3 Å². The molecule has 1 unspecified atom stereocenters. The number of hydrogen-bond donors (Lipinski definition) is 0. The lowest BCUT2D eigenvalue weighted by atomic mass is 9.82. The number of fused-ring (bicyclic) bond motifs is 1. The van der Waals surface area contributed by atoms with Gasteiger partial charge in [-0.1, -0.05) is 32.6 Å². The van der Waals surface area contributed by atoms with E-state index >= 15 is 0 Å². The molecule has 4 nitrogen and oxygen atoms in total. The minimum Gasteiger partial charge on any atom is -0.464 e. The summed E-state index contributed by atoms with van der Waals surface area (Å²) in [5.74, 6) is 0.424. The van der Waals surface area contributed by atoms with Gasteiger partial charge in [-0.15, -0.1) is 0 Å². The van der Waals surface area contributed by atoms with Crippen molar-refractivity contribution >= 4 is 5.97 Å². The molecule has 24 heavy (non-hydrogen) atoms. The van der Waals surface area contributed by atoms with Gasteiger partial charge < -0.3 is 14.0 Å². The van der Waals surface area contributed by atoms with Crippen LogP contribution in [0.1, 0.15) is 71.1 Å². The number of unbranched alkanes of at least 4 members (excludes halogenated alkanes) is 4. The fourth-order valence-electron chi connectivity index (χ4n) is 4.65. The van der Waals surface area contributed by atoms with E-state index in [1.54, 1.807) is 0 Å². The maximum absolute atomic E-state index is 11.8. The lowest BCUT2D eigenvalue weighted by Crippen LogP contribution is -2.61. The molecule has 2 saturated heterocycles. The number of rotatable bonds is 10. The van der Waals surface area contributed by atoms with E-state index in [4.69, 9.17) is 9.47 Å². The van der Waals surface area contributed by atoms with E-state index in [9.17, 15) is 4.79 Å². The van der Waals surface area contributed by atoms with Crippen molar-refractivity contribution in [1.29, 1.82) is 0 Å². The van der Waals surface area contributed by atoms with Crippen molar-refractivity contribution in [3.05, 3.63) is 0 Å². The van der Waals surface area contributed by atoms with Crippen LogP contribution in [0.2, 0.25) is 0 Å². The summed E-state index contributed by atoms with van der Waals surface area (Å²) in [5, 5.41) is 0. The first-order chi connectivity index (χ1) is 11.7. The van der Waals surface area contributed by atoms with Gasteiger partial charge in [0.05, 0.1) is 39.4 Å². The maximum atomic E-state index is 11.8. The smallest absolute Gasteiger partial charge is 0.332 e. The molecule has 0 saturated carbocycles. The lowest BCUT2D eigenvalue weighted by molar-refractivity contribution is -0.947. The van der Waals surface area contributed by atoms with Gasteiger partial charge in [0.1, 0.15) is 6.61 Å². The van der Waals surface area contributed by atoms with Gasteiger partial charge in [0.25, 0.3) is 0 Å². The monoisotopic (exact) mass is 340 g/mol. The molecule has 0 aromatic heterocycles. The second-order valence-electron chi connectivity index (χ2n) is 8.04. The maximum Gasteiger partial charge on any atom is 0.332 e. The van der Waals surface area contributed by atoms with E-state index in [1.165, 1.54) is 68.9 Å². The number of ether oxygens (including phenoxy) is 2. The Kier molecular flexibility index (Phi) is 8.54. The zero-order valence-corrected chi connectivity index (χ0v) is 15.9. The Balaban J connectivity index is 1.58. The van der Waals surface area contributed by atoms with Crippen molar-refractivity contribution in [2.45, 2.75) is 77.2 Å². The number of piperidine rings is 2. The fraction of sp³-hybridized carbons (Fsp3) is 0.950. The third-order valence-corrected chi connectivity index (χ3v) is 6.07. The summed E-state index contributed by atoms with van der Waals surface area (Å²) in [5.41, 5.74) is 0. The summed E-state index contributed by atoms with van der Waals surface area (Å²) in [7, 11) is 2.42. The Morgan fingerprint density at radius 3 is 2.67 bits per heavy atom. The molecule has 0 amide bonds. The Morgan fingerprint density at radius 1 is 1.04 bits per heavy atom. The Morgan fingerprint density at radius 2 is 1.83 bits per heavy atom. The quantitative estimate of drug-likeness (QED) is 0.343. The minimum absolute atomic E-state index is 0.127. The van der Waals surface area contributed by atoms with Crippen molar-refractivity contribution < 1.29 is 18.8 Å². The predicted octanol–water partition coefficient (Wildman–Crippen LogP) is 3.93. The van der Waals surface area contributed by atoms with E-state index in [-0.39, 0.29) is 12.6 Å². The summed E-state index contributed by atoms with van der Waals surface area (Å²) in [4.78, 5) is 11.8. The number of nitrogens with zero attached hydrogens (tertiary/aromatic N) is 1. The van der Waals surface area contributed by atoms with Crippen molar-refractivity contribution in [2.75, 3.05) is 40.0 Å². The van der Waals surface area contributed by atoms with E-state index in [1.807, 2.05) is 0 Å². The molecular formula is C20H38NO3+. The first kappa shape index (κ1) is 19.7.